The van der Waals surface area contributed by atoms with Crippen LogP contribution in [0.3, 0.4) is 0 Å². The summed E-state index contributed by atoms with van der Waals surface area (Å²) >= 11 is 0. The third-order valence-corrected chi connectivity index (χ3v) is 8.85. The fraction of sp³-hybridized carbons (Fsp3) is 0.0500. The zero-order valence-electron chi connectivity index (χ0n) is 25.9. The van der Waals surface area contributed by atoms with Crippen molar-refractivity contribution < 1.29 is 16.8 Å². The molecule has 8 bridgehead atoms. The number of aliphatic imine (C=N–C) groups is 2. The summed E-state index contributed by atoms with van der Waals surface area (Å²) < 4.78 is 0. The van der Waals surface area contributed by atoms with Crippen molar-refractivity contribution >= 4 is 28.1 Å². The summed E-state index contributed by atoms with van der Waals surface area (Å²) in [6.07, 6.45) is 27.1. The van der Waals surface area contributed by atoms with E-state index in [4.69, 9.17) is 20.3 Å². The molecule has 49 heavy (non-hydrogen) atoms. The second-order valence-corrected chi connectivity index (χ2v) is 11.6. The summed E-state index contributed by atoms with van der Waals surface area (Å²) in [6.45, 7) is 0. The Labute approximate surface area is 293 Å². The van der Waals surface area contributed by atoms with E-state index in [0.29, 0.717) is 0 Å². The summed E-state index contributed by atoms with van der Waals surface area (Å²) in [5.41, 5.74) is 12.7. The molecule has 5 aromatic rings. The number of rotatable bonds is 4. The Morgan fingerprint density at radius 2 is 1.00 bits per heavy atom. The SMILES string of the molecule is C1=C/C2=C(\c3ccncc3)c3ccc([n-]3)/C(c3ccncc3)=C3/C=CC(=N3)C(c3ccncc3)C3C=C/C(=C(\c4ccncc4)C1=N2)[N-]3.[Co+2]. The number of aromatic nitrogens is 5. The van der Waals surface area contributed by atoms with Crippen LogP contribution in [-0.4, -0.2) is 37.4 Å². The molecule has 0 aliphatic carbocycles. The monoisotopic (exact) mass is 677 g/mol. The fourth-order valence-electron chi connectivity index (χ4n) is 6.69. The zero-order chi connectivity index (χ0) is 31.9. The molecule has 9 heterocycles. The van der Waals surface area contributed by atoms with Crippen molar-refractivity contribution in [3.05, 3.63) is 203 Å². The second-order valence-electron chi connectivity index (χ2n) is 11.6. The summed E-state index contributed by atoms with van der Waals surface area (Å²) in [7, 11) is 0. The van der Waals surface area contributed by atoms with Crippen molar-refractivity contribution in [2.24, 2.45) is 9.98 Å². The number of nitrogens with zero attached hydrogens (tertiary/aromatic N) is 8. The predicted molar refractivity (Wildman–Crippen MR) is 188 cm³/mol. The van der Waals surface area contributed by atoms with Crippen LogP contribution in [0.4, 0.5) is 0 Å². The topological polar surface area (TPSA) is 104 Å². The van der Waals surface area contributed by atoms with Gasteiger partial charge >= 0.3 is 16.8 Å². The zero-order valence-corrected chi connectivity index (χ0v) is 27.0. The van der Waals surface area contributed by atoms with Gasteiger partial charge in [-0.25, -0.2) is 4.99 Å². The molecule has 0 spiro atoms. The van der Waals surface area contributed by atoms with E-state index in [0.717, 1.165) is 78.9 Å². The van der Waals surface area contributed by atoms with Crippen LogP contribution in [0.25, 0.3) is 22.0 Å². The molecule has 0 saturated carbocycles. The van der Waals surface area contributed by atoms with Gasteiger partial charge in [0.15, 0.2) is 0 Å². The van der Waals surface area contributed by atoms with Crippen LogP contribution in [0.1, 0.15) is 39.6 Å². The summed E-state index contributed by atoms with van der Waals surface area (Å²) in [6, 6.07) is 20.0. The third kappa shape index (κ3) is 5.54. The second kappa shape index (κ2) is 12.9. The standard InChI is InChI=1S/C40H26N8.Co/c1-2-30-38(26-11-19-42-20-12-26)32-5-6-34(47-32)40(28-15-23-44-24-16-28)36-8-7-35(48-36)39(27-13-21-43-22-14-27)33-4-3-31(46-33)37(29(1)45-30)25-9-17-41-18-10-25;/h1-24,29,37H;/q-2;+2/b38-30-,39-33-,40-34-;. The summed E-state index contributed by atoms with van der Waals surface area (Å²) in [4.78, 5) is 33.0. The van der Waals surface area contributed by atoms with Gasteiger partial charge in [0.25, 0.3) is 0 Å². The van der Waals surface area contributed by atoms with Crippen LogP contribution in [0, 0.1) is 0 Å². The summed E-state index contributed by atoms with van der Waals surface area (Å²) in [5.74, 6) is -0.140. The van der Waals surface area contributed by atoms with Crippen LogP contribution in [-0.2, 0) is 16.8 Å². The van der Waals surface area contributed by atoms with Crippen LogP contribution < -0.4 is 4.98 Å². The number of allylic oxidation sites excluding steroid dienone is 6. The number of hydrogen-bond acceptors (Lipinski definition) is 6. The van der Waals surface area contributed by atoms with Gasteiger partial charge in [-0.2, -0.15) is 0 Å². The molecule has 9 rings (SSSR count). The van der Waals surface area contributed by atoms with Crippen molar-refractivity contribution in [2.75, 3.05) is 0 Å². The molecular weight excluding hydrogens is 651 g/mol. The van der Waals surface area contributed by atoms with Crippen LogP contribution in [0.2, 0.25) is 0 Å². The Morgan fingerprint density at radius 1 is 0.490 bits per heavy atom. The van der Waals surface area contributed by atoms with Gasteiger partial charge in [-0.1, -0.05) is 30.3 Å². The molecule has 2 atom stereocenters. The van der Waals surface area contributed by atoms with Gasteiger partial charge in [-0.15, -0.1) is 17.1 Å². The molecule has 9 heteroatoms. The summed E-state index contributed by atoms with van der Waals surface area (Å²) in [5, 5.41) is 5.37. The molecule has 235 valence electrons. The van der Waals surface area contributed by atoms with Gasteiger partial charge in [0.05, 0.1) is 17.1 Å². The first-order valence-electron chi connectivity index (χ1n) is 15.7. The Morgan fingerprint density at radius 3 is 1.59 bits per heavy atom. The Kier molecular flexibility index (Phi) is 7.96. The van der Waals surface area contributed by atoms with Crippen molar-refractivity contribution in [3.8, 4) is 0 Å². The molecular formula is C40H26CoN8. The van der Waals surface area contributed by atoms with E-state index < -0.39 is 0 Å². The van der Waals surface area contributed by atoms with Gasteiger partial charge in [-0.3, -0.25) is 24.9 Å². The van der Waals surface area contributed by atoms with E-state index in [2.05, 4.69) is 68.5 Å². The maximum absolute atomic E-state index is 5.37. The molecule has 1 radical (unpaired) electrons. The molecule has 0 fully saturated rings. The largest absolute Gasteiger partial charge is 2.00 e. The first-order chi connectivity index (χ1) is 23.8. The molecule has 8 nitrogen and oxygen atoms in total. The average Bonchev–Trinajstić information content (AvgIpc) is 3.98. The average molecular weight is 678 g/mol. The maximum atomic E-state index is 5.37. The number of pyridine rings is 4. The molecule has 2 unspecified atom stereocenters. The normalized spacial score (nSPS) is 23.6. The maximum Gasteiger partial charge on any atom is 2.00 e. The van der Waals surface area contributed by atoms with Crippen molar-refractivity contribution in [1.29, 1.82) is 0 Å². The third-order valence-electron chi connectivity index (χ3n) is 8.85. The molecule has 0 N–H and O–H groups in total. The van der Waals surface area contributed by atoms with E-state index in [1.165, 1.54) is 0 Å². The molecule has 0 aromatic carbocycles. The Hall–Kier alpha value is -6.03. The molecule has 5 aromatic heterocycles. The molecule has 4 aliphatic rings. The minimum atomic E-state index is -0.198. The molecule has 0 amide bonds. The molecule has 0 saturated heterocycles. The Bertz CT molecular complexity index is 2290. The predicted octanol–water partition coefficient (Wildman–Crippen LogP) is 7.28. The van der Waals surface area contributed by atoms with E-state index in [1.807, 2.05) is 60.9 Å². The number of fused-ring (bicyclic) bond motifs is 6. The number of hydrogen-bond donors (Lipinski definition) is 0. The fourth-order valence-corrected chi connectivity index (χ4v) is 6.69. The smallest absolute Gasteiger partial charge is 0.677 e. The first-order valence-corrected chi connectivity index (χ1v) is 15.7. The minimum Gasteiger partial charge on any atom is -0.677 e. The van der Waals surface area contributed by atoms with Gasteiger partial charge < -0.3 is 10.3 Å². The van der Waals surface area contributed by atoms with Gasteiger partial charge in [0.2, 0.25) is 0 Å². The van der Waals surface area contributed by atoms with Gasteiger partial charge in [0.1, 0.15) is 0 Å². The van der Waals surface area contributed by atoms with Gasteiger partial charge in [-0.05, 0) is 112 Å². The van der Waals surface area contributed by atoms with E-state index in [-0.39, 0.29) is 28.7 Å². The van der Waals surface area contributed by atoms with Crippen LogP contribution >= 0.6 is 0 Å². The minimum absolute atomic E-state index is 0. The first kappa shape index (κ1) is 30.3. The van der Waals surface area contributed by atoms with Crippen molar-refractivity contribution in [1.82, 2.24) is 24.9 Å². The van der Waals surface area contributed by atoms with E-state index >= 15 is 0 Å². The van der Waals surface area contributed by atoms with Crippen LogP contribution in [0.15, 0.2) is 174 Å². The quantitative estimate of drug-likeness (QED) is 0.199. The van der Waals surface area contributed by atoms with Crippen molar-refractivity contribution in [3.63, 3.8) is 0 Å². The van der Waals surface area contributed by atoms with Crippen molar-refractivity contribution in [2.45, 2.75) is 12.0 Å². The van der Waals surface area contributed by atoms with Crippen LogP contribution in [0.5, 0.6) is 0 Å². The van der Waals surface area contributed by atoms with Gasteiger partial charge in [0, 0.05) is 61.2 Å². The Balaban J connectivity index is 0.00000348. The van der Waals surface area contributed by atoms with E-state index in [9.17, 15) is 0 Å². The van der Waals surface area contributed by atoms with E-state index in [1.54, 1.807) is 37.2 Å². The molecule has 4 aliphatic heterocycles.